The Morgan fingerprint density at radius 1 is 1.38 bits per heavy atom. The molecule has 0 aliphatic carbocycles. The van der Waals surface area contributed by atoms with E-state index in [0.717, 1.165) is 5.54 Å². The van der Waals surface area contributed by atoms with Crippen molar-refractivity contribution in [2.24, 2.45) is 0 Å². The van der Waals surface area contributed by atoms with Gasteiger partial charge < -0.3 is 5.32 Å². The molecule has 0 aromatic heterocycles. The monoisotopic (exact) mass is 199 g/mol. The molecule has 2 heteroatoms. The molecule has 0 spiro atoms. The Morgan fingerprint density at radius 3 is 2.23 bits per heavy atom. The lowest BCUT2D eigenvalue weighted by Crippen LogP contribution is -2.28. The molecule has 0 amide bonds. The second-order valence-electron chi connectivity index (χ2n) is 4.93. The zero-order chi connectivity index (χ0) is 10.5. The van der Waals surface area contributed by atoms with Gasteiger partial charge in [0.05, 0.1) is 8.80 Å². The molecule has 1 nitrogen and oxygen atoms in total. The molecule has 0 aliphatic heterocycles. The molecule has 0 saturated heterocycles. The third-order valence-electron chi connectivity index (χ3n) is 2.73. The maximum Gasteiger partial charge on any atom is 0.0714 e. The van der Waals surface area contributed by atoms with Crippen LogP contribution in [-0.2, 0) is 0 Å². The summed E-state index contributed by atoms with van der Waals surface area (Å²) in [4.78, 5) is 0. The molecule has 0 heterocycles. The SMILES string of the molecule is CCC(C)[SiH](C=CNC)C(C)(C)C. The molecule has 2 unspecified atom stereocenters. The summed E-state index contributed by atoms with van der Waals surface area (Å²) in [7, 11) is 1.20. The fourth-order valence-electron chi connectivity index (χ4n) is 1.79. The van der Waals surface area contributed by atoms with Gasteiger partial charge >= 0.3 is 0 Å². The smallest absolute Gasteiger partial charge is 0.0714 e. The summed E-state index contributed by atoms with van der Waals surface area (Å²) in [5.74, 6) is 0. The van der Waals surface area contributed by atoms with E-state index in [0.29, 0.717) is 5.04 Å². The highest BCUT2D eigenvalue weighted by Crippen LogP contribution is 2.35. The van der Waals surface area contributed by atoms with Crippen LogP contribution < -0.4 is 5.32 Å². The van der Waals surface area contributed by atoms with Gasteiger partial charge in [-0.1, -0.05) is 46.7 Å². The van der Waals surface area contributed by atoms with Crippen molar-refractivity contribution >= 4 is 8.80 Å². The molecular weight excluding hydrogens is 174 g/mol. The van der Waals surface area contributed by atoms with E-state index in [-0.39, 0.29) is 0 Å². The van der Waals surface area contributed by atoms with Crippen LogP contribution in [0.2, 0.25) is 10.6 Å². The van der Waals surface area contributed by atoms with Gasteiger partial charge in [-0.05, 0) is 16.8 Å². The van der Waals surface area contributed by atoms with Crippen molar-refractivity contribution in [1.29, 1.82) is 0 Å². The summed E-state index contributed by atoms with van der Waals surface area (Å²) in [6, 6.07) is 0. The Balaban J connectivity index is 4.46. The minimum atomic E-state index is -0.777. The zero-order valence-electron chi connectivity index (χ0n) is 10.0. The molecule has 13 heavy (non-hydrogen) atoms. The molecule has 1 N–H and O–H groups in total. The molecule has 78 valence electrons. The Labute approximate surface area is 85.2 Å². The van der Waals surface area contributed by atoms with Crippen LogP contribution in [0.1, 0.15) is 41.0 Å². The van der Waals surface area contributed by atoms with Gasteiger partial charge in [-0.3, -0.25) is 0 Å². The third-order valence-corrected chi connectivity index (χ3v) is 7.03. The number of rotatable bonds is 4. The first kappa shape index (κ1) is 12.8. The number of nitrogens with one attached hydrogen (secondary N) is 1. The third kappa shape index (κ3) is 4.51. The van der Waals surface area contributed by atoms with Crippen molar-refractivity contribution in [3.8, 4) is 0 Å². The minimum Gasteiger partial charge on any atom is -0.395 e. The molecule has 0 rings (SSSR count). The lowest BCUT2D eigenvalue weighted by Gasteiger charge is -2.31. The summed E-state index contributed by atoms with van der Waals surface area (Å²) in [6.45, 7) is 11.8. The normalized spacial score (nSPS) is 17.4. The topological polar surface area (TPSA) is 12.0 Å². The van der Waals surface area contributed by atoms with E-state index in [1.807, 2.05) is 7.05 Å². The predicted molar refractivity (Wildman–Crippen MR) is 64.8 cm³/mol. The van der Waals surface area contributed by atoms with Gasteiger partial charge in [-0.2, -0.15) is 0 Å². The fourth-order valence-corrected chi connectivity index (χ4v) is 5.36. The summed E-state index contributed by atoms with van der Waals surface area (Å²) in [5, 5.41) is 3.61. The molecule has 0 aliphatic rings. The molecule has 0 saturated carbocycles. The van der Waals surface area contributed by atoms with Crippen molar-refractivity contribution < 1.29 is 0 Å². The van der Waals surface area contributed by atoms with E-state index in [1.165, 1.54) is 6.42 Å². The number of hydrogen-bond donors (Lipinski definition) is 1. The van der Waals surface area contributed by atoms with Crippen molar-refractivity contribution in [3.05, 3.63) is 11.9 Å². The summed E-state index contributed by atoms with van der Waals surface area (Å²) >= 11 is 0. The lowest BCUT2D eigenvalue weighted by atomic mass is 10.2. The molecule has 0 radical (unpaired) electrons. The van der Waals surface area contributed by atoms with E-state index >= 15 is 0 Å². The van der Waals surface area contributed by atoms with Crippen LogP contribution in [-0.4, -0.2) is 15.8 Å². The average Bonchev–Trinajstić information content (AvgIpc) is 2.02. The fraction of sp³-hybridized carbons (Fsp3) is 0.818. The Bertz CT molecular complexity index is 158. The van der Waals surface area contributed by atoms with E-state index in [9.17, 15) is 0 Å². The van der Waals surface area contributed by atoms with Gasteiger partial charge in [0.2, 0.25) is 0 Å². The highest BCUT2D eigenvalue weighted by molar-refractivity contribution is 6.68. The standard InChI is InChI=1S/C11H25NSi/c1-7-10(2)13(9-8-12-6)11(3,4)5/h8-10,12-13H,7H2,1-6H3. The largest absolute Gasteiger partial charge is 0.395 e. The van der Waals surface area contributed by atoms with Crippen LogP contribution in [0.5, 0.6) is 0 Å². The van der Waals surface area contributed by atoms with E-state index < -0.39 is 8.80 Å². The summed E-state index contributed by atoms with van der Waals surface area (Å²) < 4.78 is 0. The predicted octanol–water partition coefficient (Wildman–Crippen LogP) is 3.09. The highest BCUT2D eigenvalue weighted by Gasteiger charge is 2.27. The van der Waals surface area contributed by atoms with Crippen LogP contribution >= 0.6 is 0 Å². The van der Waals surface area contributed by atoms with E-state index in [2.05, 4.69) is 51.8 Å². The van der Waals surface area contributed by atoms with Crippen molar-refractivity contribution in [2.45, 2.75) is 51.6 Å². The van der Waals surface area contributed by atoms with Crippen LogP contribution in [0, 0.1) is 0 Å². The molecule has 2 atom stereocenters. The van der Waals surface area contributed by atoms with Crippen LogP contribution in [0.4, 0.5) is 0 Å². The number of hydrogen-bond acceptors (Lipinski definition) is 1. The van der Waals surface area contributed by atoms with Gasteiger partial charge in [-0.25, -0.2) is 0 Å². The first-order chi connectivity index (χ1) is 5.93. The zero-order valence-corrected chi connectivity index (χ0v) is 11.2. The molecule has 0 bridgehead atoms. The summed E-state index contributed by atoms with van der Waals surface area (Å²) in [6.07, 6.45) is 3.43. The highest BCUT2D eigenvalue weighted by atomic mass is 28.3. The molecule has 0 aromatic carbocycles. The lowest BCUT2D eigenvalue weighted by molar-refractivity contribution is 0.703. The van der Waals surface area contributed by atoms with Crippen LogP contribution in [0.25, 0.3) is 0 Å². The maximum atomic E-state index is 3.10. The van der Waals surface area contributed by atoms with Gasteiger partial charge in [0, 0.05) is 7.05 Å². The van der Waals surface area contributed by atoms with Gasteiger partial charge in [0.15, 0.2) is 0 Å². The van der Waals surface area contributed by atoms with Crippen LogP contribution in [0.15, 0.2) is 11.9 Å². The summed E-state index contributed by atoms with van der Waals surface area (Å²) in [5.41, 5.74) is 3.33. The molecular formula is C11H25NSi. The van der Waals surface area contributed by atoms with E-state index in [1.54, 1.807) is 0 Å². The van der Waals surface area contributed by atoms with E-state index in [4.69, 9.17) is 0 Å². The Hall–Kier alpha value is -0.243. The molecule has 0 fully saturated rings. The van der Waals surface area contributed by atoms with Gasteiger partial charge in [0.1, 0.15) is 0 Å². The van der Waals surface area contributed by atoms with Gasteiger partial charge in [-0.15, -0.1) is 0 Å². The Morgan fingerprint density at radius 2 is 1.92 bits per heavy atom. The van der Waals surface area contributed by atoms with Crippen molar-refractivity contribution in [3.63, 3.8) is 0 Å². The minimum absolute atomic E-state index is 0.503. The first-order valence-corrected chi connectivity index (χ1v) is 7.18. The van der Waals surface area contributed by atoms with Crippen molar-refractivity contribution in [1.82, 2.24) is 5.32 Å². The Kier molecular flexibility index (Phi) is 5.38. The second kappa shape index (κ2) is 5.48. The maximum absolute atomic E-state index is 3.10. The first-order valence-electron chi connectivity index (χ1n) is 5.27. The second-order valence-corrected chi connectivity index (χ2v) is 9.23. The quantitative estimate of drug-likeness (QED) is 0.686. The van der Waals surface area contributed by atoms with Crippen molar-refractivity contribution in [2.75, 3.05) is 7.05 Å². The molecule has 0 aromatic rings. The average molecular weight is 199 g/mol. The van der Waals surface area contributed by atoms with Crippen LogP contribution in [0.3, 0.4) is 0 Å². The van der Waals surface area contributed by atoms with Gasteiger partial charge in [0.25, 0.3) is 0 Å².